The van der Waals surface area contributed by atoms with Crippen molar-refractivity contribution in [2.24, 2.45) is 10.9 Å². The van der Waals surface area contributed by atoms with E-state index in [9.17, 15) is 8.42 Å². The van der Waals surface area contributed by atoms with Crippen LogP contribution in [0.25, 0.3) is 0 Å². The molecular formula is C18H37IN4O3S. The lowest BCUT2D eigenvalue weighted by Gasteiger charge is -2.30. The van der Waals surface area contributed by atoms with Gasteiger partial charge in [0.1, 0.15) is 0 Å². The third-order valence-corrected chi connectivity index (χ3v) is 6.65. The first-order chi connectivity index (χ1) is 12.5. The average molecular weight is 516 g/mol. The Morgan fingerprint density at radius 1 is 1.11 bits per heavy atom. The van der Waals surface area contributed by atoms with E-state index in [0.717, 1.165) is 44.9 Å². The molecule has 9 heteroatoms. The van der Waals surface area contributed by atoms with E-state index >= 15 is 0 Å². The summed E-state index contributed by atoms with van der Waals surface area (Å²) in [6.45, 7) is 3.72. The Balaban J connectivity index is 0.00000364. The van der Waals surface area contributed by atoms with E-state index in [1.165, 1.54) is 38.4 Å². The lowest BCUT2D eigenvalue weighted by atomic mass is 9.98. The molecule has 27 heavy (non-hydrogen) atoms. The van der Waals surface area contributed by atoms with Gasteiger partial charge in [0, 0.05) is 39.8 Å². The van der Waals surface area contributed by atoms with Crippen LogP contribution in [0.2, 0.25) is 0 Å². The molecule has 7 nitrogen and oxygen atoms in total. The summed E-state index contributed by atoms with van der Waals surface area (Å²) >= 11 is 0. The van der Waals surface area contributed by atoms with Crippen LogP contribution < -0.4 is 10.6 Å². The topological polar surface area (TPSA) is 83.0 Å². The van der Waals surface area contributed by atoms with Crippen LogP contribution in [0.5, 0.6) is 0 Å². The van der Waals surface area contributed by atoms with E-state index in [0.29, 0.717) is 25.1 Å². The van der Waals surface area contributed by atoms with Crippen LogP contribution in [-0.4, -0.2) is 70.9 Å². The number of sulfonamides is 1. The zero-order valence-corrected chi connectivity index (χ0v) is 19.9. The molecule has 2 fully saturated rings. The van der Waals surface area contributed by atoms with Crippen LogP contribution in [0.3, 0.4) is 0 Å². The lowest BCUT2D eigenvalue weighted by molar-refractivity contribution is 0.0277. The maximum Gasteiger partial charge on any atom is 0.211 e. The van der Waals surface area contributed by atoms with Crippen LogP contribution in [0, 0.1) is 5.92 Å². The van der Waals surface area contributed by atoms with E-state index in [-0.39, 0.29) is 24.0 Å². The van der Waals surface area contributed by atoms with Gasteiger partial charge in [-0.15, -0.1) is 24.0 Å². The van der Waals surface area contributed by atoms with E-state index in [2.05, 4.69) is 15.6 Å². The number of nitrogens with zero attached hydrogens (tertiary/aromatic N) is 2. The Morgan fingerprint density at radius 2 is 1.78 bits per heavy atom. The highest BCUT2D eigenvalue weighted by molar-refractivity contribution is 14.0. The minimum absolute atomic E-state index is 0. The van der Waals surface area contributed by atoms with Crippen LogP contribution in [-0.2, 0) is 14.8 Å². The van der Waals surface area contributed by atoms with Gasteiger partial charge in [0.05, 0.1) is 12.4 Å². The van der Waals surface area contributed by atoms with Gasteiger partial charge in [-0.05, 0) is 38.0 Å². The number of hydrogen-bond acceptors (Lipinski definition) is 4. The Labute approximate surface area is 182 Å². The van der Waals surface area contributed by atoms with Gasteiger partial charge in [0.25, 0.3) is 0 Å². The summed E-state index contributed by atoms with van der Waals surface area (Å²) in [6, 6.07) is 0. The van der Waals surface area contributed by atoms with Crippen molar-refractivity contribution in [1.29, 1.82) is 0 Å². The number of rotatable bonds is 8. The first-order valence-electron chi connectivity index (χ1n) is 10.0. The van der Waals surface area contributed by atoms with Crippen LogP contribution in [0.15, 0.2) is 4.99 Å². The molecule has 1 saturated heterocycles. The molecule has 0 amide bonds. The second-order valence-electron chi connectivity index (χ2n) is 7.47. The average Bonchev–Trinajstić information content (AvgIpc) is 2.64. The quantitative estimate of drug-likeness (QED) is 0.224. The van der Waals surface area contributed by atoms with Crippen LogP contribution in [0.4, 0.5) is 0 Å². The monoisotopic (exact) mass is 516 g/mol. The molecule has 0 radical (unpaired) electrons. The molecule has 0 atom stereocenters. The van der Waals surface area contributed by atoms with Gasteiger partial charge >= 0.3 is 0 Å². The number of aliphatic imine (C=N–C) groups is 1. The molecule has 0 bridgehead atoms. The fourth-order valence-corrected chi connectivity index (χ4v) is 4.54. The molecule has 0 unspecified atom stereocenters. The number of nitrogens with one attached hydrogen (secondary N) is 2. The zero-order valence-electron chi connectivity index (χ0n) is 16.8. The van der Waals surface area contributed by atoms with Gasteiger partial charge in [-0.2, -0.15) is 0 Å². The zero-order chi connectivity index (χ0) is 18.8. The SMILES string of the molecule is CN=C(NCCCOC1CCCCC1)NCC1CCN(S(C)(=O)=O)CC1.I. The Kier molecular flexibility index (Phi) is 12.1. The fourth-order valence-electron chi connectivity index (χ4n) is 3.67. The molecule has 2 N–H and O–H groups in total. The van der Waals surface area contributed by atoms with Gasteiger partial charge in [-0.25, -0.2) is 12.7 Å². The number of piperidine rings is 1. The largest absolute Gasteiger partial charge is 0.378 e. The maximum absolute atomic E-state index is 11.5. The molecule has 0 aromatic rings. The highest BCUT2D eigenvalue weighted by Gasteiger charge is 2.24. The van der Waals surface area contributed by atoms with Crippen LogP contribution >= 0.6 is 24.0 Å². The fraction of sp³-hybridized carbons (Fsp3) is 0.944. The molecule has 2 aliphatic rings. The summed E-state index contributed by atoms with van der Waals surface area (Å²) in [7, 11) is -1.27. The summed E-state index contributed by atoms with van der Waals surface area (Å²) in [5, 5.41) is 6.70. The minimum Gasteiger partial charge on any atom is -0.378 e. The normalized spacial score (nSPS) is 20.9. The summed E-state index contributed by atoms with van der Waals surface area (Å²) in [5.41, 5.74) is 0. The minimum atomic E-state index is -3.05. The third-order valence-electron chi connectivity index (χ3n) is 5.34. The van der Waals surface area contributed by atoms with E-state index < -0.39 is 10.0 Å². The van der Waals surface area contributed by atoms with Gasteiger partial charge < -0.3 is 15.4 Å². The van der Waals surface area contributed by atoms with Gasteiger partial charge in [-0.3, -0.25) is 4.99 Å². The third kappa shape index (κ3) is 9.76. The van der Waals surface area contributed by atoms with Crippen molar-refractivity contribution < 1.29 is 13.2 Å². The Bertz CT molecular complexity index is 531. The predicted octanol–water partition coefficient (Wildman–Crippen LogP) is 2.18. The van der Waals surface area contributed by atoms with Gasteiger partial charge in [0.15, 0.2) is 5.96 Å². The van der Waals surface area contributed by atoms with Crippen molar-refractivity contribution in [2.45, 2.75) is 57.5 Å². The molecule has 1 heterocycles. The number of halogens is 1. The second kappa shape index (κ2) is 13.2. The molecule has 0 aromatic carbocycles. The molecule has 2 rings (SSSR count). The highest BCUT2D eigenvalue weighted by Crippen LogP contribution is 2.20. The van der Waals surface area contributed by atoms with Crippen molar-refractivity contribution in [3.8, 4) is 0 Å². The van der Waals surface area contributed by atoms with E-state index in [4.69, 9.17) is 4.74 Å². The summed E-state index contributed by atoms with van der Waals surface area (Å²) in [6.07, 6.45) is 10.9. The molecule has 1 aliphatic heterocycles. The Hall–Kier alpha value is -0.130. The maximum atomic E-state index is 11.5. The molecule has 1 aliphatic carbocycles. The summed E-state index contributed by atoms with van der Waals surface area (Å²) < 4.78 is 30.6. The molecule has 160 valence electrons. The second-order valence-corrected chi connectivity index (χ2v) is 9.45. The standard InChI is InChI=1S/C18H36N4O3S.HI/c1-19-18(20-11-6-14-25-17-7-4-3-5-8-17)21-15-16-9-12-22(13-10-16)26(2,23)24;/h16-17H,3-15H2,1-2H3,(H2,19,20,21);1H. The smallest absolute Gasteiger partial charge is 0.211 e. The lowest BCUT2D eigenvalue weighted by Crippen LogP contribution is -2.44. The molecular weight excluding hydrogens is 479 g/mol. The van der Waals surface area contributed by atoms with Gasteiger partial charge in [0.2, 0.25) is 10.0 Å². The van der Waals surface area contributed by atoms with Gasteiger partial charge in [-0.1, -0.05) is 19.3 Å². The van der Waals surface area contributed by atoms with Crippen molar-refractivity contribution in [2.75, 3.05) is 46.1 Å². The summed E-state index contributed by atoms with van der Waals surface area (Å²) in [4.78, 5) is 4.26. The first kappa shape index (κ1) is 24.9. The van der Waals surface area contributed by atoms with Crippen molar-refractivity contribution in [1.82, 2.24) is 14.9 Å². The van der Waals surface area contributed by atoms with Crippen molar-refractivity contribution in [3.63, 3.8) is 0 Å². The highest BCUT2D eigenvalue weighted by atomic mass is 127. The number of hydrogen-bond donors (Lipinski definition) is 2. The summed E-state index contributed by atoms with van der Waals surface area (Å²) in [5.74, 6) is 1.30. The van der Waals surface area contributed by atoms with E-state index in [1.54, 1.807) is 11.4 Å². The number of guanidine groups is 1. The first-order valence-corrected chi connectivity index (χ1v) is 11.8. The molecule has 1 saturated carbocycles. The van der Waals surface area contributed by atoms with Crippen molar-refractivity contribution >= 4 is 40.0 Å². The Morgan fingerprint density at radius 3 is 2.37 bits per heavy atom. The van der Waals surface area contributed by atoms with Crippen molar-refractivity contribution in [3.05, 3.63) is 0 Å². The predicted molar refractivity (Wildman–Crippen MR) is 121 cm³/mol. The van der Waals surface area contributed by atoms with E-state index in [1.807, 2.05) is 0 Å². The molecule has 0 spiro atoms. The number of ether oxygens (including phenoxy) is 1. The van der Waals surface area contributed by atoms with Crippen LogP contribution in [0.1, 0.15) is 51.4 Å². The molecule has 0 aromatic heterocycles.